The molecule has 1 aliphatic rings. The molecule has 1 fully saturated rings. The van der Waals surface area contributed by atoms with Crippen LogP contribution in [0.2, 0.25) is 0 Å². The molecule has 1 heterocycles. The lowest BCUT2D eigenvalue weighted by Gasteiger charge is -2.38. The van der Waals surface area contributed by atoms with Crippen molar-refractivity contribution >= 4 is 11.6 Å². The molecule has 1 aliphatic heterocycles. The molecule has 27 heavy (non-hydrogen) atoms. The molecule has 1 atom stereocenters. The lowest BCUT2D eigenvalue weighted by Crippen LogP contribution is -2.51. The van der Waals surface area contributed by atoms with Gasteiger partial charge in [-0.25, -0.2) is 4.39 Å². The topological polar surface area (TPSA) is 50.6 Å². The zero-order chi connectivity index (χ0) is 19.4. The predicted octanol–water partition coefficient (Wildman–Crippen LogP) is 2.65. The van der Waals surface area contributed by atoms with Gasteiger partial charge < -0.3 is 9.80 Å². The highest BCUT2D eigenvalue weighted by molar-refractivity contribution is 5.83. The SMILES string of the molecule is CN(C)C(C(=O)N1CCN(c2ccc(C#N)cc2)CC1)c1cccc(F)c1. The summed E-state index contributed by atoms with van der Waals surface area (Å²) in [6.07, 6.45) is 0. The number of carbonyl (C=O) groups excluding carboxylic acids is 1. The normalized spacial score (nSPS) is 15.5. The van der Waals surface area contributed by atoms with E-state index in [0.29, 0.717) is 24.2 Å². The van der Waals surface area contributed by atoms with Crippen molar-refractivity contribution in [2.45, 2.75) is 6.04 Å². The number of rotatable bonds is 4. The van der Waals surface area contributed by atoms with Gasteiger partial charge in [-0.05, 0) is 56.1 Å². The fourth-order valence-electron chi connectivity index (χ4n) is 3.44. The van der Waals surface area contributed by atoms with Gasteiger partial charge in [0.1, 0.15) is 11.9 Å². The second-order valence-electron chi connectivity index (χ2n) is 6.89. The highest BCUT2D eigenvalue weighted by Gasteiger charge is 2.30. The number of piperazine rings is 1. The fraction of sp³-hybridized carbons (Fsp3) is 0.333. The molecule has 0 N–H and O–H groups in total. The maximum atomic E-state index is 13.6. The van der Waals surface area contributed by atoms with Gasteiger partial charge in [0, 0.05) is 31.9 Å². The van der Waals surface area contributed by atoms with Gasteiger partial charge >= 0.3 is 0 Å². The van der Waals surface area contributed by atoms with Crippen molar-refractivity contribution in [3.05, 3.63) is 65.5 Å². The number of halogens is 1. The van der Waals surface area contributed by atoms with Gasteiger partial charge in [-0.15, -0.1) is 0 Å². The van der Waals surface area contributed by atoms with Crippen LogP contribution in [0.25, 0.3) is 0 Å². The summed E-state index contributed by atoms with van der Waals surface area (Å²) in [5, 5.41) is 8.91. The summed E-state index contributed by atoms with van der Waals surface area (Å²) >= 11 is 0. The number of nitrogens with zero attached hydrogens (tertiary/aromatic N) is 4. The van der Waals surface area contributed by atoms with E-state index in [1.54, 1.807) is 24.3 Å². The molecule has 1 unspecified atom stereocenters. The van der Waals surface area contributed by atoms with E-state index >= 15 is 0 Å². The molecule has 1 amide bonds. The van der Waals surface area contributed by atoms with Crippen LogP contribution in [0.15, 0.2) is 48.5 Å². The molecule has 0 spiro atoms. The van der Waals surface area contributed by atoms with E-state index in [4.69, 9.17) is 5.26 Å². The Morgan fingerprint density at radius 1 is 1.11 bits per heavy atom. The Kier molecular flexibility index (Phi) is 5.72. The molecule has 2 aromatic rings. The van der Waals surface area contributed by atoms with E-state index in [1.807, 2.05) is 36.0 Å². The predicted molar refractivity (Wildman–Crippen MR) is 103 cm³/mol. The molecule has 3 rings (SSSR count). The zero-order valence-electron chi connectivity index (χ0n) is 15.6. The summed E-state index contributed by atoms with van der Waals surface area (Å²) in [6, 6.07) is 15.3. The average Bonchev–Trinajstić information content (AvgIpc) is 2.68. The molecule has 0 saturated carbocycles. The molecular weight excluding hydrogens is 343 g/mol. The molecule has 0 bridgehead atoms. The molecular formula is C21H23FN4O. The number of carbonyl (C=O) groups is 1. The Balaban J connectivity index is 1.68. The van der Waals surface area contributed by atoms with Crippen molar-refractivity contribution in [1.29, 1.82) is 5.26 Å². The summed E-state index contributed by atoms with van der Waals surface area (Å²) in [5.74, 6) is -0.345. The van der Waals surface area contributed by atoms with Gasteiger partial charge in [-0.3, -0.25) is 9.69 Å². The van der Waals surface area contributed by atoms with Crippen molar-refractivity contribution in [2.75, 3.05) is 45.2 Å². The first kappa shape index (κ1) is 18.9. The van der Waals surface area contributed by atoms with Gasteiger partial charge in [-0.1, -0.05) is 12.1 Å². The van der Waals surface area contributed by atoms with Crippen molar-refractivity contribution < 1.29 is 9.18 Å². The van der Waals surface area contributed by atoms with Crippen LogP contribution in [0, 0.1) is 17.1 Å². The third-order valence-corrected chi connectivity index (χ3v) is 4.87. The number of nitriles is 1. The highest BCUT2D eigenvalue weighted by Crippen LogP contribution is 2.24. The second-order valence-corrected chi connectivity index (χ2v) is 6.89. The van der Waals surface area contributed by atoms with Gasteiger partial charge in [0.25, 0.3) is 0 Å². The van der Waals surface area contributed by atoms with E-state index in [-0.39, 0.29) is 11.7 Å². The summed E-state index contributed by atoms with van der Waals surface area (Å²) in [7, 11) is 3.67. The number of hydrogen-bond acceptors (Lipinski definition) is 4. The van der Waals surface area contributed by atoms with Crippen LogP contribution in [-0.4, -0.2) is 56.0 Å². The van der Waals surface area contributed by atoms with E-state index in [1.165, 1.54) is 12.1 Å². The molecule has 6 heteroatoms. The smallest absolute Gasteiger partial charge is 0.244 e. The first-order chi connectivity index (χ1) is 13.0. The monoisotopic (exact) mass is 366 g/mol. The Hall–Kier alpha value is -2.91. The molecule has 140 valence electrons. The van der Waals surface area contributed by atoms with Crippen molar-refractivity contribution in [2.24, 2.45) is 0 Å². The van der Waals surface area contributed by atoms with Crippen LogP contribution in [0.3, 0.4) is 0 Å². The minimum atomic E-state index is -0.498. The summed E-state index contributed by atoms with van der Waals surface area (Å²) in [6.45, 7) is 2.67. The van der Waals surface area contributed by atoms with Gasteiger partial charge in [0.2, 0.25) is 5.91 Å². The minimum Gasteiger partial charge on any atom is -0.368 e. The van der Waals surface area contributed by atoms with Crippen LogP contribution >= 0.6 is 0 Å². The molecule has 5 nitrogen and oxygen atoms in total. The number of benzene rings is 2. The standard InChI is InChI=1S/C21H23FN4O/c1-24(2)20(17-4-3-5-18(22)14-17)21(27)26-12-10-25(11-13-26)19-8-6-16(15-23)7-9-19/h3-9,14,20H,10-13H2,1-2H3. The van der Waals surface area contributed by atoms with Crippen LogP contribution in [0.1, 0.15) is 17.2 Å². The van der Waals surface area contributed by atoms with Gasteiger partial charge in [0.15, 0.2) is 0 Å². The van der Waals surface area contributed by atoms with E-state index in [2.05, 4.69) is 11.0 Å². The fourth-order valence-corrected chi connectivity index (χ4v) is 3.44. The molecule has 0 aromatic heterocycles. The molecule has 0 aliphatic carbocycles. The first-order valence-electron chi connectivity index (χ1n) is 8.95. The van der Waals surface area contributed by atoms with Crippen molar-refractivity contribution in [3.8, 4) is 6.07 Å². The number of amides is 1. The minimum absolute atomic E-state index is 0.00919. The largest absolute Gasteiger partial charge is 0.368 e. The second kappa shape index (κ2) is 8.19. The Morgan fingerprint density at radius 3 is 2.33 bits per heavy atom. The third-order valence-electron chi connectivity index (χ3n) is 4.87. The zero-order valence-corrected chi connectivity index (χ0v) is 15.6. The van der Waals surface area contributed by atoms with Crippen LogP contribution in [0.4, 0.5) is 10.1 Å². The Bertz CT molecular complexity index is 836. The lowest BCUT2D eigenvalue weighted by atomic mass is 10.0. The van der Waals surface area contributed by atoms with Crippen molar-refractivity contribution in [3.63, 3.8) is 0 Å². The summed E-state index contributed by atoms with van der Waals surface area (Å²) < 4.78 is 13.6. The average molecular weight is 366 g/mol. The maximum Gasteiger partial charge on any atom is 0.244 e. The first-order valence-corrected chi connectivity index (χ1v) is 8.95. The van der Waals surface area contributed by atoms with E-state index in [9.17, 15) is 9.18 Å². The van der Waals surface area contributed by atoms with E-state index < -0.39 is 6.04 Å². The third kappa shape index (κ3) is 4.26. The maximum absolute atomic E-state index is 13.6. The molecule has 1 saturated heterocycles. The Labute approximate surface area is 159 Å². The van der Waals surface area contributed by atoms with Gasteiger partial charge in [0.05, 0.1) is 11.6 Å². The van der Waals surface area contributed by atoms with Gasteiger partial charge in [-0.2, -0.15) is 5.26 Å². The Morgan fingerprint density at radius 2 is 1.78 bits per heavy atom. The number of hydrogen-bond donors (Lipinski definition) is 0. The number of anilines is 1. The van der Waals surface area contributed by atoms with Crippen molar-refractivity contribution in [1.82, 2.24) is 9.80 Å². The molecule has 2 aromatic carbocycles. The van der Waals surface area contributed by atoms with Crippen LogP contribution < -0.4 is 4.90 Å². The highest BCUT2D eigenvalue weighted by atomic mass is 19.1. The molecule has 0 radical (unpaired) electrons. The summed E-state index contributed by atoms with van der Waals surface area (Å²) in [5.41, 5.74) is 2.35. The van der Waals surface area contributed by atoms with Crippen LogP contribution in [-0.2, 0) is 4.79 Å². The van der Waals surface area contributed by atoms with E-state index in [0.717, 1.165) is 18.8 Å². The van der Waals surface area contributed by atoms with Crippen LogP contribution in [0.5, 0.6) is 0 Å². The summed E-state index contributed by atoms with van der Waals surface area (Å²) in [4.78, 5) is 19.0. The number of likely N-dealkylation sites (N-methyl/N-ethyl adjacent to an activating group) is 1. The lowest BCUT2D eigenvalue weighted by molar-refractivity contribution is -0.136. The quantitative estimate of drug-likeness (QED) is 0.835.